The molecule has 1 aliphatic carbocycles. The SMILES string of the molecule is COc1cc(F)ccc1-n1ncc2c(N3C[C@@H]4C[C@H]3CN(CCCO)CCCC3C5C(CCCC5C5CCCC(N5)N4)NN3C)ncnc21. The van der Waals surface area contributed by atoms with Gasteiger partial charge in [0.05, 0.1) is 24.9 Å². The molecular formula is C36H53FN10O2. The Hall–Kier alpha value is -2.94. The summed E-state index contributed by atoms with van der Waals surface area (Å²) in [7, 11) is 3.80. The van der Waals surface area contributed by atoms with Crippen LogP contribution in [0.3, 0.4) is 0 Å². The topological polar surface area (TPSA) is 119 Å². The minimum Gasteiger partial charge on any atom is -0.494 e. The van der Waals surface area contributed by atoms with Gasteiger partial charge in [-0.15, -0.1) is 0 Å². The van der Waals surface area contributed by atoms with Gasteiger partial charge in [-0.05, 0) is 88.3 Å². The maximum atomic E-state index is 14.1. The Balaban J connectivity index is 1.11. The van der Waals surface area contributed by atoms with Gasteiger partial charge in [0.25, 0.3) is 0 Å². The van der Waals surface area contributed by atoms with Crippen molar-refractivity contribution in [2.75, 3.05) is 51.8 Å². The molecule has 4 N–H and O–H groups in total. The van der Waals surface area contributed by atoms with Crippen molar-refractivity contribution in [2.45, 2.75) is 101 Å². The lowest BCUT2D eigenvalue weighted by atomic mass is 9.68. The monoisotopic (exact) mass is 676 g/mol. The lowest BCUT2D eigenvalue weighted by Gasteiger charge is -2.44. The molecule has 8 atom stereocenters. The fourth-order valence-electron chi connectivity index (χ4n) is 10.1. The molecule has 3 aromatic rings. The van der Waals surface area contributed by atoms with Gasteiger partial charge in [-0.2, -0.15) is 5.10 Å². The molecule has 4 aliphatic heterocycles. The molecule has 1 saturated carbocycles. The molecule has 5 aliphatic rings. The average Bonchev–Trinajstić information content (AvgIpc) is 3.81. The molecule has 5 fully saturated rings. The summed E-state index contributed by atoms with van der Waals surface area (Å²) in [5.41, 5.74) is 5.18. The minimum atomic E-state index is -0.365. The van der Waals surface area contributed by atoms with Gasteiger partial charge in [-0.3, -0.25) is 16.1 Å². The van der Waals surface area contributed by atoms with Crippen molar-refractivity contribution < 1.29 is 14.2 Å². The van der Waals surface area contributed by atoms with E-state index in [0.717, 1.165) is 63.1 Å². The number of rotatable bonds is 6. The number of hydrazine groups is 1. The van der Waals surface area contributed by atoms with Crippen molar-refractivity contribution in [3.05, 3.63) is 36.5 Å². The summed E-state index contributed by atoms with van der Waals surface area (Å²) < 4.78 is 21.3. The largest absolute Gasteiger partial charge is 0.494 e. The van der Waals surface area contributed by atoms with E-state index in [2.05, 4.69) is 42.9 Å². The summed E-state index contributed by atoms with van der Waals surface area (Å²) in [5.74, 6) is 2.29. The van der Waals surface area contributed by atoms with Gasteiger partial charge in [-0.1, -0.05) is 6.42 Å². The summed E-state index contributed by atoms with van der Waals surface area (Å²) in [4.78, 5) is 14.6. The number of fused-ring (bicyclic) bond motifs is 6. The molecule has 0 amide bonds. The summed E-state index contributed by atoms with van der Waals surface area (Å²) in [6.07, 6.45) is 15.4. The van der Waals surface area contributed by atoms with E-state index in [1.807, 2.05) is 6.20 Å². The van der Waals surface area contributed by atoms with Crippen LogP contribution in [-0.2, 0) is 0 Å². The third-order valence-electron chi connectivity index (χ3n) is 12.2. The Bertz CT molecular complexity index is 1590. The van der Waals surface area contributed by atoms with Crippen LogP contribution in [0.5, 0.6) is 5.75 Å². The number of aromatic nitrogens is 4. The molecule has 13 heteroatoms. The van der Waals surface area contributed by atoms with Crippen LogP contribution in [0.2, 0.25) is 0 Å². The number of halogens is 1. The number of ether oxygens (including phenoxy) is 1. The normalized spacial score (nSPS) is 32.9. The maximum Gasteiger partial charge on any atom is 0.168 e. The third-order valence-corrected chi connectivity index (χ3v) is 12.2. The lowest BCUT2D eigenvalue weighted by Crippen LogP contribution is -2.58. The average molecular weight is 677 g/mol. The van der Waals surface area contributed by atoms with Gasteiger partial charge in [0, 0.05) is 69.6 Å². The minimum absolute atomic E-state index is 0.198. The highest BCUT2D eigenvalue weighted by molar-refractivity contribution is 5.88. The Labute approximate surface area is 288 Å². The molecular weight excluding hydrogens is 623 g/mol. The van der Waals surface area contributed by atoms with Crippen molar-refractivity contribution in [1.29, 1.82) is 0 Å². The molecule has 49 heavy (non-hydrogen) atoms. The number of benzene rings is 1. The fraction of sp³-hybridized carbons (Fsp3) is 0.694. The number of nitrogens with one attached hydrogen (secondary N) is 3. The number of anilines is 1. The molecule has 12 nitrogen and oxygen atoms in total. The summed E-state index contributed by atoms with van der Waals surface area (Å²) in [6.45, 7) is 3.82. The molecule has 266 valence electrons. The first-order valence-electron chi connectivity index (χ1n) is 18.6. The van der Waals surface area contributed by atoms with E-state index in [4.69, 9.17) is 14.8 Å². The van der Waals surface area contributed by atoms with Gasteiger partial charge < -0.3 is 19.6 Å². The molecule has 1 aromatic carbocycles. The first-order chi connectivity index (χ1) is 24.0. The van der Waals surface area contributed by atoms with E-state index in [1.54, 1.807) is 17.1 Å². The van der Waals surface area contributed by atoms with Gasteiger partial charge in [0.15, 0.2) is 5.65 Å². The zero-order chi connectivity index (χ0) is 33.5. The van der Waals surface area contributed by atoms with E-state index in [1.165, 1.54) is 57.8 Å². The predicted molar refractivity (Wildman–Crippen MR) is 187 cm³/mol. The van der Waals surface area contributed by atoms with E-state index >= 15 is 0 Å². The van der Waals surface area contributed by atoms with Crippen LogP contribution >= 0.6 is 0 Å². The van der Waals surface area contributed by atoms with Crippen LogP contribution in [-0.4, -0.2) is 118 Å². The Morgan fingerprint density at radius 1 is 1.02 bits per heavy atom. The van der Waals surface area contributed by atoms with E-state index in [-0.39, 0.29) is 18.5 Å². The number of methoxy groups -OCH3 is 1. The smallest absolute Gasteiger partial charge is 0.168 e. The highest BCUT2D eigenvalue weighted by atomic mass is 19.1. The number of hydrogen-bond donors (Lipinski definition) is 4. The number of piperidine rings is 1. The Kier molecular flexibility index (Phi) is 9.73. The van der Waals surface area contributed by atoms with Crippen molar-refractivity contribution in [3.63, 3.8) is 0 Å². The quantitative estimate of drug-likeness (QED) is 0.309. The predicted octanol–water partition coefficient (Wildman–Crippen LogP) is 3.05. The molecule has 4 saturated heterocycles. The van der Waals surface area contributed by atoms with E-state index in [9.17, 15) is 9.50 Å². The molecule has 0 spiro atoms. The molecule has 4 bridgehead atoms. The lowest BCUT2D eigenvalue weighted by molar-refractivity contribution is 0.103. The number of hydrogen-bond acceptors (Lipinski definition) is 11. The standard InChI is InChI=1S/C36H53FN10O2/c1-44-31-10-5-14-45(15-6-16-48)21-25-18-24(41-33-11-4-8-28(42-33)26-7-3-9-29(43-44)34(26)31)20-46(25)35-27-19-40-47(36(27)39-22-38-35)30-13-12-23(37)17-32(30)49-2/h12-13,17,19,22,24-26,28-29,31,33-34,41-43,48H,3-11,14-16,18,20-21H2,1-2H3/t24-,25-,26?,28?,29?,31?,33?,34?/m0/s1. The second-order valence-corrected chi connectivity index (χ2v) is 15.1. The van der Waals surface area contributed by atoms with E-state index in [0.29, 0.717) is 59.3 Å². The number of nitrogens with zero attached hydrogens (tertiary/aromatic N) is 7. The molecule has 6 unspecified atom stereocenters. The summed E-state index contributed by atoms with van der Waals surface area (Å²) >= 11 is 0. The second-order valence-electron chi connectivity index (χ2n) is 15.1. The van der Waals surface area contributed by atoms with Crippen LogP contribution in [0.15, 0.2) is 30.7 Å². The van der Waals surface area contributed by atoms with E-state index < -0.39 is 0 Å². The summed E-state index contributed by atoms with van der Waals surface area (Å²) in [5, 5.41) is 26.1. The Morgan fingerprint density at radius 3 is 2.78 bits per heavy atom. The van der Waals surface area contributed by atoms with Gasteiger partial charge in [0.1, 0.15) is 29.4 Å². The fourth-order valence-corrected chi connectivity index (χ4v) is 10.1. The van der Waals surface area contributed by atoms with Crippen molar-refractivity contribution in [3.8, 4) is 11.4 Å². The van der Waals surface area contributed by atoms with Crippen molar-refractivity contribution in [2.24, 2.45) is 11.8 Å². The van der Waals surface area contributed by atoms with Crippen LogP contribution in [0.25, 0.3) is 16.7 Å². The van der Waals surface area contributed by atoms with Crippen LogP contribution in [0.1, 0.15) is 64.2 Å². The third kappa shape index (κ3) is 6.54. The van der Waals surface area contributed by atoms with Crippen LogP contribution < -0.4 is 25.7 Å². The van der Waals surface area contributed by atoms with Gasteiger partial charge in [-0.25, -0.2) is 24.0 Å². The molecule has 0 radical (unpaired) electrons. The highest BCUT2D eigenvalue weighted by Gasteiger charge is 2.49. The van der Waals surface area contributed by atoms with Gasteiger partial charge >= 0.3 is 0 Å². The van der Waals surface area contributed by atoms with Crippen LogP contribution in [0, 0.1) is 17.7 Å². The van der Waals surface area contributed by atoms with Crippen molar-refractivity contribution >= 4 is 16.9 Å². The highest BCUT2D eigenvalue weighted by Crippen LogP contribution is 2.43. The molecule has 6 heterocycles. The van der Waals surface area contributed by atoms with Crippen LogP contribution in [0.4, 0.5) is 10.2 Å². The number of aliphatic hydroxyl groups excluding tert-OH is 1. The first-order valence-corrected chi connectivity index (χ1v) is 18.6. The van der Waals surface area contributed by atoms with Gasteiger partial charge in [0.2, 0.25) is 0 Å². The summed E-state index contributed by atoms with van der Waals surface area (Å²) in [6, 6.07) is 6.67. The Morgan fingerprint density at radius 2 is 1.90 bits per heavy atom. The first kappa shape index (κ1) is 33.2. The molecule has 8 rings (SSSR count). The zero-order valence-electron chi connectivity index (χ0n) is 29.0. The second kappa shape index (κ2) is 14.4. The number of aliphatic hydroxyl groups is 1. The molecule has 2 aromatic heterocycles. The maximum absolute atomic E-state index is 14.1. The zero-order valence-corrected chi connectivity index (χ0v) is 29.0. The van der Waals surface area contributed by atoms with Crippen molar-refractivity contribution in [1.82, 2.24) is 45.7 Å².